The molecule has 24 heavy (non-hydrogen) atoms. The van der Waals surface area contributed by atoms with Crippen LogP contribution >= 0.6 is 0 Å². The van der Waals surface area contributed by atoms with Gasteiger partial charge in [0.1, 0.15) is 11.4 Å². The van der Waals surface area contributed by atoms with Crippen LogP contribution in [-0.2, 0) is 22.2 Å². The van der Waals surface area contributed by atoms with Gasteiger partial charge in [0.05, 0.1) is 5.56 Å². The molecular formula is C16H22F4N2O2. The van der Waals surface area contributed by atoms with Crippen LogP contribution in [0, 0.1) is 0 Å². The van der Waals surface area contributed by atoms with E-state index < -0.39 is 23.7 Å². The Bertz CT molecular complexity index is 549. The number of ether oxygens (including phenoxy) is 2. The minimum atomic E-state index is -4.56. The highest BCUT2D eigenvalue weighted by Gasteiger charge is 2.37. The van der Waals surface area contributed by atoms with E-state index in [4.69, 9.17) is 9.47 Å². The van der Waals surface area contributed by atoms with Gasteiger partial charge < -0.3 is 9.47 Å². The molecular weight excluding hydrogens is 328 g/mol. The van der Waals surface area contributed by atoms with Gasteiger partial charge in [-0.3, -0.25) is 9.88 Å². The fourth-order valence-electron chi connectivity index (χ4n) is 2.78. The number of alkyl halides is 4. The summed E-state index contributed by atoms with van der Waals surface area (Å²) < 4.78 is 63.6. The van der Waals surface area contributed by atoms with Crippen LogP contribution < -0.4 is 0 Å². The van der Waals surface area contributed by atoms with Crippen LogP contribution in [0.1, 0.15) is 42.9 Å². The Morgan fingerprint density at radius 2 is 1.83 bits per heavy atom. The first-order valence-corrected chi connectivity index (χ1v) is 7.69. The van der Waals surface area contributed by atoms with E-state index in [0.29, 0.717) is 38.0 Å². The van der Waals surface area contributed by atoms with E-state index in [1.165, 1.54) is 20.4 Å². The molecule has 0 unspecified atom stereocenters. The van der Waals surface area contributed by atoms with Crippen LogP contribution in [-0.4, -0.2) is 42.9 Å². The zero-order valence-electron chi connectivity index (χ0n) is 14.0. The largest absolute Gasteiger partial charge is 0.418 e. The molecule has 1 aromatic heterocycles. The van der Waals surface area contributed by atoms with E-state index in [1.807, 2.05) is 4.90 Å². The summed E-state index contributed by atoms with van der Waals surface area (Å²) in [5, 5.41) is 0. The Morgan fingerprint density at radius 3 is 2.33 bits per heavy atom. The van der Waals surface area contributed by atoms with Crippen LogP contribution in [0.5, 0.6) is 0 Å². The van der Waals surface area contributed by atoms with Gasteiger partial charge in [0.25, 0.3) is 0 Å². The first-order valence-electron chi connectivity index (χ1n) is 7.69. The van der Waals surface area contributed by atoms with Crippen molar-refractivity contribution in [2.45, 2.75) is 44.4 Å². The molecule has 1 aliphatic heterocycles. The molecule has 2 heterocycles. The average molecular weight is 350 g/mol. The Labute approximate surface area is 138 Å². The van der Waals surface area contributed by atoms with Crippen LogP contribution in [0.15, 0.2) is 12.3 Å². The number of hydrogen-bond donors (Lipinski definition) is 0. The highest BCUT2D eigenvalue weighted by molar-refractivity contribution is 5.29. The van der Waals surface area contributed by atoms with Gasteiger partial charge in [0, 0.05) is 40.1 Å². The number of rotatable bonds is 5. The number of methoxy groups -OCH3 is 2. The van der Waals surface area contributed by atoms with Crippen molar-refractivity contribution in [1.29, 1.82) is 0 Å². The Balaban J connectivity index is 2.20. The first kappa shape index (κ1) is 19.1. The molecule has 0 spiro atoms. The third-order valence-electron chi connectivity index (χ3n) is 4.24. The molecule has 1 fully saturated rings. The van der Waals surface area contributed by atoms with Crippen molar-refractivity contribution in [3.8, 4) is 0 Å². The summed E-state index contributed by atoms with van der Waals surface area (Å²) in [6, 6.07) is 1.07. The topological polar surface area (TPSA) is 34.6 Å². The van der Waals surface area contributed by atoms with Crippen LogP contribution in [0.3, 0.4) is 0 Å². The van der Waals surface area contributed by atoms with Gasteiger partial charge in [-0.25, -0.2) is 4.39 Å². The Morgan fingerprint density at radius 1 is 1.25 bits per heavy atom. The van der Waals surface area contributed by atoms with Crippen molar-refractivity contribution in [1.82, 2.24) is 9.88 Å². The summed E-state index contributed by atoms with van der Waals surface area (Å²) in [6.45, 7) is 2.87. The summed E-state index contributed by atoms with van der Waals surface area (Å²) >= 11 is 0. The van der Waals surface area contributed by atoms with E-state index in [0.717, 1.165) is 6.07 Å². The van der Waals surface area contributed by atoms with E-state index in [1.54, 1.807) is 6.92 Å². The molecule has 0 amide bonds. The van der Waals surface area contributed by atoms with Gasteiger partial charge in [-0.15, -0.1) is 0 Å². The van der Waals surface area contributed by atoms with E-state index in [9.17, 15) is 17.6 Å². The molecule has 0 N–H and O–H groups in total. The van der Waals surface area contributed by atoms with Crippen LogP contribution in [0.25, 0.3) is 0 Å². The SMILES string of the molecule is COC(OC)c1ncc(CN2CCC(C)(F)CC2)cc1C(F)(F)F. The standard InChI is InChI=1S/C16H22F4N2O2/c1-15(17)4-6-22(7-5-15)10-11-8-12(16(18,19)20)13(21-9-11)14(23-2)24-3/h8-9,14H,4-7,10H2,1-3H3. The third kappa shape index (κ3) is 4.64. The smallest absolute Gasteiger partial charge is 0.350 e. The average Bonchev–Trinajstić information content (AvgIpc) is 2.51. The molecule has 4 nitrogen and oxygen atoms in total. The summed E-state index contributed by atoms with van der Waals surface area (Å²) in [6.07, 6.45) is -3.61. The maximum Gasteiger partial charge on any atom is 0.418 e. The van der Waals surface area contributed by atoms with Crippen LogP contribution in [0.4, 0.5) is 17.6 Å². The molecule has 0 aromatic carbocycles. The number of halogens is 4. The van der Waals surface area contributed by atoms with Crippen molar-refractivity contribution >= 4 is 0 Å². The second kappa shape index (κ2) is 7.33. The monoisotopic (exact) mass is 350 g/mol. The minimum Gasteiger partial charge on any atom is -0.350 e. The third-order valence-corrected chi connectivity index (χ3v) is 4.24. The van der Waals surface area contributed by atoms with E-state index in [2.05, 4.69) is 4.98 Å². The molecule has 2 rings (SSSR count). The van der Waals surface area contributed by atoms with E-state index >= 15 is 0 Å². The van der Waals surface area contributed by atoms with Crippen molar-refractivity contribution in [3.05, 3.63) is 29.1 Å². The van der Waals surface area contributed by atoms with Gasteiger partial charge in [-0.05, 0) is 31.4 Å². The van der Waals surface area contributed by atoms with Crippen LogP contribution in [0.2, 0.25) is 0 Å². The van der Waals surface area contributed by atoms with Crippen molar-refractivity contribution in [2.24, 2.45) is 0 Å². The Kier molecular flexibility index (Phi) is 5.83. The molecule has 0 aliphatic carbocycles. The fraction of sp³-hybridized carbons (Fsp3) is 0.688. The highest BCUT2D eigenvalue weighted by Crippen LogP contribution is 2.35. The predicted molar refractivity (Wildman–Crippen MR) is 80.0 cm³/mol. The molecule has 8 heteroatoms. The van der Waals surface area contributed by atoms with Gasteiger partial charge in [-0.1, -0.05) is 0 Å². The lowest BCUT2D eigenvalue weighted by Crippen LogP contribution is -2.39. The van der Waals surface area contributed by atoms with Crippen molar-refractivity contribution in [2.75, 3.05) is 27.3 Å². The number of likely N-dealkylation sites (tertiary alicyclic amines) is 1. The van der Waals surface area contributed by atoms with Gasteiger partial charge in [0.2, 0.25) is 6.29 Å². The maximum absolute atomic E-state index is 13.8. The molecule has 0 bridgehead atoms. The van der Waals surface area contributed by atoms with Crippen molar-refractivity contribution < 1.29 is 27.0 Å². The number of piperidine rings is 1. The molecule has 1 saturated heterocycles. The molecule has 0 atom stereocenters. The molecule has 136 valence electrons. The summed E-state index contributed by atoms with van der Waals surface area (Å²) in [5.41, 5.74) is -1.94. The summed E-state index contributed by atoms with van der Waals surface area (Å²) in [5.74, 6) is 0. The second-order valence-corrected chi connectivity index (χ2v) is 6.27. The molecule has 1 aliphatic rings. The zero-order valence-corrected chi connectivity index (χ0v) is 14.0. The number of pyridine rings is 1. The van der Waals surface area contributed by atoms with Crippen molar-refractivity contribution in [3.63, 3.8) is 0 Å². The van der Waals surface area contributed by atoms with Gasteiger partial charge in [-0.2, -0.15) is 13.2 Å². The number of aromatic nitrogens is 1. The molecule has 0 saturated carbocycles. The lowest BCUT2D eigenvalue weighted by atomic mass is 9.95. The zero-order chi connectivity index (χ0) is 18.0. The van der Waals surface area contributed by atoms with Gasteiger partial charge >= 0.3 is 6.18 Å². The number of nitrogens with zero attached hydrogens (tertiary/aromatic N) is 2. The quantitative estimate of drug-likeness (QED) is 0.599. The van der Waals surface area contributed by atoms with Gasteiger partial charge in [0.15, 0.2) is 0 Å². The number of hydrogen-bond acceptors (Lipinski definition) is 4. The lowest BCUT2D eigenvalue weighted by Gasteiger charge is -2.34. The highest BCUT2D eigenvalue weighted by atomic mass is 19.4. The normalized spacial score (nSPS) is 19.0. The maximum atomic E-state index is 13.8. The molecule has 1 aromatic rings. The second-order valence-electron chi connectivity index (χ2n) is 6.27. The first-order chi connectivity index (χ1) is 11.2. The lowest BCUT2D eigenvalue weighted by molar-refractivity contribution is -0.149. The predicted octanol–water partition coefficient (Wildman–Crippen LogP) is 3.72. The van der Waals surface area contributed by atoms with E-state index in [-0.39, 0.29) is 5.69 Å². The molecule has 0 radical (unpaired) electrons. The minimum absolute atomic E-state index is 0.300. The Hall–Kier alpha value is -1.25. The summed E-state index contributed by atoms with van der Waals surface area (Å²) in [7, 11) is 2.51. The fourth-order valence-corrected chi connectivity index (χ4v) is 2.78. The summed E-state index contributed by atoms with van der Waals surface area (Å²) in [4.78, 5) is 5.84.